The molecule has 3 rings (SSSR count). The Morgan fingerprint density at radius 2 is 1.93 bits per heavy atom. The van der Waals surface area contributed by atoms with Crippen LogP contribution in [0.4, 0.5) is 0 Å². The normalized spacial score (nSPS) is 18.1. The summed E-state index contributed by atoms with van der Waals surface area (Å²) in [5.41, 5.74) is 2.28. The van der Waals surface area contributed by atoms with Crippen LogP contribution in [0.25, 0.3) is 5.76 Å². The number of nitrogens with zero attached hydrogens (tertiary/aromatic N) is 1. The maximum atomic E-state index is 13.0. The van der Waals surface area contributed by atoms with Crippen molar-refractivity contribution in [2.75, 3.05) is 13.7 Å². The van der Waals surface area contributed by atoms with Crippen molar-refractivity contribution in [3.63, 3.8) is 0 Å². The molecule has 1 aliphatic rings. The summed E-state index contributed by atoms with van der Waals surface area (Å²) in [6, 6.07) is 11.8. The van der Waals surface area contributed by atoms with E-state index in [1.807, 2.05) is 31.2 Å². The van der Waals surface area contributed by atoms with E-state index in [9.17, 15) is 14.7 Å². The molecule has 1 amide bonds. The van der Waals surface area contributed by atoms with Crippen LogP contribution in [0.15, 0.2) is 48.0 Å². The fraction of sp³-hybridized carbons (Fsp3) is 0.333. The first kappa shape index (κ1) is 21.9. The van der Waals surface area contributed by atoms with Crippen LogP contribution in [-0.4, -0.2) is 35.4 Å². The van der Waals surface area contributed by atoms with Crippen LogP contribution in [0.5, 0.6) is 5.75 Å². The molecule has 1 fully saturated rings. The van der Waals surface area contributed by atoms with Crippen molar-refractivity contribution in [2.45, 2.75) is 39.2 Å². The molecule has 1 heterocycles. The van der Waals surface area contributed by atoms with E-state index in [4.69, 9.17) is 16.3 Å². The molecular weight excluding hydrogens is 402 g/mol. The summed E-state index contributed by atoms with van der Waals surface area (Å²) in [6.07, 6.45) is 2.75. The van der Waals surface area contributed by atoms with Gasteiger partial charge < -0.3 is 14.7 Å². The van der Waals surface area contributed by atoms with E-state index in [2.05, 4.69) is 6.92 Å². The molecule has 0 aliphatic carbocycles. The molecule has 30 heavy (non-hydrogen) atoms. The highest BCUT2D eigenvalue weighted by atomic mass is 35.5. The number of methoxy groups -OCH3 is 1. The van der Waals surface area contributed by atoms with Gasteiger partial charge in [0.2, 0.25) is 0 Å². The van der Waals surface area contributed by atoms with Gasteiger partial charge >= 0.3 is 0 Å². The molecule has 1 N–H and O–H groups in total. The molecular formula is C24H26ClNO4. The number of hydrogen-bond acceptors (Lipinski definition) is 4. The minimum atomic E-state index is -0.676. The van der Waals surface area contributed by atoms with Crippen LogP contribution in [0, 0.1) is 6.92 Å². The molecule has 0 spiro atoms. The largest absolute Gasteiger partial charge is 0.507 e. The van der Waals surface area contributed by atoms with Crippen molar-refractivity contribution in [3.05, 3.63) is 69.8 Å². The molecule has 158 valence electrons. The predicted molar refractivity (Wildman–Crippen MR) is 118 cm³/mol. The number of rotatable bonds is 7. The monoisotopic (exact) mass is 427 g/mol. The summed E-state index contributed by atoms with van der Waals surface area (Å²) in [5.74, 6) is -1.11. The van der Waals surface area contributed by atoms with Crippen LogP contribution in [0.2, 0.25) is 5.02 Å². The Bertz CT molecular complexity index is 998. The molecule has 0 radical (unpaired) electrons. The number of hydrogen-bond donors (Lipinski definition) is 1. The Hall–Kier alpha value is -2.79. The summed E-state index contributed by atoms with van der Waals surface area (Å²) in [4.78, 5) is 27.4. The summed E-state index contributed by atoms with van der Waals surface area (Å²) in [6.45, 7) is 4.49. The van der Waals surface area contributed by atoms with Gasteiger partial charge in [-0.25, -0.2) is 0 Å². The number of benzene rings is 2. The van der Waals surface area contributed by atoms with Gasteiger partial charge in [0, 0.05) is 12.1 Å². The number of ketones is 1. The third kappa shape index (κ3) is 4.21. The minimum absolute atomic E-state index is 0.0893. The molecule has 0 aromatic heterocycles. The minimum Gasteiger partial charge on any atom is -0.507 e. The standard InChI is InChI=1S/C24H26ClNO4/c1-4-5-6-12-26-21(16-9-7-8-15(2)13-16)20(23(28)24(26)29)22(27)17-10-11-18(25)19(14-17)30-3/h7-11,13-14,21,27H,4-6,12H2,1-3H3/b22-20-. The van der Waals surface area contributed by atoms with Crippen molar-refractivity contribution < 1.29 is 19.4 Å². The second-order valence-corrected chi connectivity index (χ2v) is 7.87. The van der Waals surface area contributed by atoms with Crippen LogP contribution in [-0.2, 0) is 9.59 Å². The quantitative estimate of drug-likeness (QED) is 0.283. The fourth-order valence-corrected chi connectivity index (χ4v) is 3.99. The van der Waals surface area contributed by atoms with Crippen molar-refractivity contribution in [1.29, 1.82) is 0 Å². The van der Waals surface area contributed by atoms with Gasteiger partial charge in [0.1, 0.15) is 11.5 Å². The Morgan fingerprint density at radius 3 is 2.60 bits per heavy atom. The Kier molecular flexibility index (Phi) is 6.83. The Labute approximate surface area is 181 Å². The number of Topliss-reactive ketones (excluding diaryl/α,β-unsaturated/α-hetero) is 1. The molecule has 1 saturated heterocycles. The Balaban J connectivity index is 2.15. The second kappa shape index (κ2) is 9.35. The first-order valence-corrected chi connectivity index (χ1v) is 10.5. The lowest BCUT2D eigenvalue weighted by atomic mass is 9.94. The fourth-order valence-electron chi connectivity index (χ4n) is 3.79. The molecule has 2 aromatic rings. The van der Waals surface area contributed by atoms with E-state index >= 15 is 0 Å². The first-order chi connectivity index (χ1) is 14.4. The van der Waals surface area contributed by atoms with Crippen molar-refractivity contribution in [2.24, 2.45) is 0 Å². The van der Waals surface area contributed by atoms with Gasteiger partial charge in [-0.05, 0) is 37.1 Å². The molecule has 1 atom stereocenters. The third-order valence-corrected chi connectivity index (χ3v) is 5.64. The highest BCUT2D eigenvalue weighted by Crippen LogP contribution is 2.40. The number of carbonyl (C=O) groups excluding carboxylic acids is 2. The van der Waals surface area contributed by atoms with Gasteiger partial charge in [0.05, 0.1) is 23.7 Å². The number of amides is 1. The van der Waals surface area contributed by atoms with E-state index < -0.39 is 17.7 Å². The van der Waals surface area contributed by atoms with E-state index in [0.717, 1.165) is 30.4 Å². The van der Waals surface area contributed by atoms with Crippen LogP contribution < -0.4 is 4.74 Å². The molecule has 0 saturated carbocycles. The summed E-state index contributed by atoms with van der Waals surface area (Å²) in [5, 5.41) is 11.5. The molecule has 2 aromatic carbocycles. The van der Waals surface area contributed by atoms with Gasteiger partial charge in [-0.3, -0.25) is 9.59 Å². The topological polar surface area (TPSA) is 66.8 Å². The average Bonchev–Trinajstić information content (AvgIpc) is 2.99. The number of likely N-dealkylation sites (tertiary alicyclic amines) is 1. The molecule has 0 bridgehead atoms. The summed E-state index contributed by atoms with van der Waals surface area (Å²) >= 11 is 6.10. The van der Waals surface area contributed by atoms with Gasteiger partial charge in [0.15, 0.2) is 0 Å². The smallest absolute Gasteiger partial charge is 0.295 e. The number of aliphatic hydroxyl groups excluding tert-OH is 1. The highest BCUT2D eigenvalue weighted by Gasteiger charge is 2.45. The zero-order valence-electron chi connectivity index (χ0n) is 17.4. The van der Waals surface area contributed by atoms with Crippen molar-refractivity contribution in [3.8, 4) is 5.75 Å². The molecule has 5 nitrogen and oxygen atoms in total. The number of carbonyl (C=O) groups is 2. The number of aliphatic hydroxyl groups is 1. The molecule has 6 heteroatoms. The van der Waals surface area contributed by atoms with Gasteiger partial charge in [-0.2, -0.15) is 0 Å². The Morgan fingerprint density at radius 1 is 1.17 bits per heavy atom. The third-order valence-electron chi connectivity index (χ3n) is 5.32. The van der Waals surface area contributed by atoms with Crippen LogP contribution in [0.1, 0.15) is 48.9 Å². The van der Waals surface area contributed by atoms with E-state index in [-0.39, 0.29) is 11.3 Å². The van der Waals surface area contributed by atoms with E-state index in [0.29, 0.717) is 22.9 Å². The second-order valence-electron chi connectivity index (χ2n) is 7.46. The SMILES string of the molecule is CCCCCN1C(=O)C(=O)/C(=C(\O)c2ccc(Cl)c(OC)c2)C1c1cccc(C)c1. The lowest BCUT2D eigenvalue weighted by Crippen LogP contribution is -2.30. The first-order valence-electron chi connectivity index (χ1n) is 10.1. The number of ether oxygens (including phenoxy) is 1. The number of unbranched alkanes of at least 4 members (excludes halogenated alkanes) is 2. The van der Waals surface area contributed by atoms with Crippen molar-refractivity contribution in [1.82, 2.24) is 4.90 Å². The van der Waals surface area contributed by atoms with Gasteiger partial charge in [0.25, 0.3) is 11.7 Å². The zero-order valence-corrected chi connectivity index (χ0v) is 18.2. The average molecular weight is 428 g/mol. The van der Waals surface area contributed by atoms with Gasteiger partial charge in [-0.1, -0.05) is 61.2 Å². The predicted octanol–water partition coefficient (Wildman–Crippen LogP) is 5.27. The van der Waals surface area contributed by atoms with Crippen LogP contribution >= 0.6 is 11.6 Å². The lowest BCUT2D eigenvalue weighted by molar-refractivity contribution is -0.139. The van der Waals surface area contributed by atoms with Gasteiger partial charge in [-0.15, -0.1) is 0 Å². The van der Waals surface area contributed by atoms with E-state index in [1.54, 1.807) is 23.1 Å². The zero-order chi connectivity index (χ0) is 21.8. The van der Waals surface area contributed by atoms with Crippen molar-refractivity contribution >= 4 is 29.1 Å². The van der Waals surface area contributed by atoms with E-state index in [1.165, 1.54) is 7.11 Å². The van der Waals surface area contributed by atoms with Crippen LogP contribution in [0.3, 0.4) is 0 Å². The molecule has 1 aliphatic heterocycles. The maximum Gasteiger partial charge on any atom is 0.295 e. The summed E-state index contributed by atoms with van der Waals surface area (Å²) in [7, 11) is 1.48. The summed E-state index contributed by atoms with van der Waals surface area (Å²) < 4.78 is 5.23. The maximum absolute atomic E-state index is 13.0. The number of halogens is 1. The highest BCUT2D eigenvalue weighted by molar-refractivity contribution is 6.46. The lowest BCUT2D eigenvalue weighted by Gasteiger charge is -2.25. The molecule has 1 unspecified atom stereocenters. The number of aryl methyl sites for hydroxylation is 1.